The molecule has 8 heteroatoms. The number of nitrogens with one attached hydrogen (secondary N) is 2. The van der Waals surface area contributed by atoms with Gasteiger partial charge in [0, 0.05) is 11.8 Å². The van der Waals surface area contributed by atoms with E-state index >= 15 is 0 Å². The number of carbonyl (C=O) groups excluding carboxylic acids is 1. The SMILES string of the molecule is CC(NC(=O)CNc1ccc(F)c([N+](=O)[O-])c1)c1ccco1. The summed E-state index contributed by atoms with van der Waals surface area (Å²) in [5, 5.41) is 16.0. The Labute approximate surface area is 125 Å². The number of nitrogens with zero attached hydrogens (tertiary/aromatic N) is 1. The van der Waals surface area contributed by atoms with E-state index in [1.54, 1.807) is 19.1 Å². The Kier molecular flexibility index (Phi) is 4.72. The molecule has 0 aliphatic carbocycles. The Morgan fingerprint density at radius 2 is 2.23 bits per heavy atom. The summed E-state index contributed by atoms with van der Waals surface area (Å²) in [5.41, 5.74) is -0.358. The molecule has 0 fully saturated rings. The number of benzene rings is 1. The van der Waals surface area contributed by atoms with E-state index in [-0.39, 0.29) is 24.2 Å². The summed E-state index contributed by atoms with van der Waals surface area (Å²) in [5.74, 6) is -0.631. The Balaban J connectivity index is 1.91. The molecule has 7 nitrogen and oxygen atoms in total. The number of furan rings is 1. The number of rotatable bonds is 6. The number of hydrogen-bond acceptors (Lipinski definition) is 5. The van der Waals surface area contributed by atoms with Crippen LogP contribution in [-0.4, -0.2) is 17.4 Å². The summed E-state index contributed by atoms with van der Waals surface area (Å²) in [6, 6.07) is 6.50. The third-order valence-corrected chi connectivity index (χ3v) is 2.94. The quantitative estimate of drug-likeness (QED) is 0.631. The minimum absolute atomic E-state index is 0.103. The topological polar surface area (TPSA) is 97.4 Å². The fourth-order valence-corrected chi connectivity index (χ4v) is 1.85. The largest absolute Gasteiger partial charge is 0.467 e. The van der Waals surface area contributed by atoms with Gasteiger partial charge in [0.05, 0.1) is 23.8 Å². The number of nitro benzene ring substituents is 1. The molecule has 1 aromatic carbocycles. The van der Waals surface area contributed by atoms with Crippen molar-refractivity contribution in [1.29, 1.82) is 0 Å². The smallest absolute Gasteiger partial charge is 0.306 e. The predicted molar refractivity (Wildman–Crippen MR) is 76.8 cm³/mol. The number of halogens is 1. The van der Waals surface area contributed by atoms with Crippen molar-refractivity contribution >= 4 is 17.3 Å². The van der Waals surface area contributed by atoms with E-state index in [9.17, 15) is 19.3 Å². The Hall–Kier alpha value is -2.90. The number of amides is 1. The van der Waals surface area contributed by atoms with E-state index in [4.69, 9.17) is 4.42 Å². The molecule has 2 N–H and O–H groups in total. The third kappa shape index (κ3) is 3.81. The van der Waals surface area contributed by atoms with Crippen molar-refractivity contribution in [2.75, 3.05) is 11.9 Å². The monoisotopic (exact) mass is 307 g/mol. The van der Waals surface area contributed by atoms with Crippen LogP contribution >= 0.6 is 0 Å². The Morgan fingerprint density at radius 1 is 1.45 bits per heavy atom. The molecule has 0 saturated carbocycles. The van der Waals surface area contributed by atoms with Crippen LogP contribution in [0, 0.1) is 15.9 Å². The van der Waals surface area contributed by atoms with Gasteiger partial charge in [-0.15, -0.1) is 0 Å². The van der Waals surface area contributed by atoms with Crippen molar-refractivity contribution in [1.82, 2.24) is 5.32 Å². The van der Waals surface area contributed by atoms with E-state index in [1.165, 1.54) is 12.3 Å². The van der Waals surface area contributed by atoms with Crippen molar-refractivity contribution in [2.24, 2.45) is 0 Å². The minimum Gasteiger partial charge on any atom is -0.467 e. The molecule has 1 amide bonds. The zero-order valence-corrected chi connectivity index (χ0v) is 11.7. The molecule has 0 spiro atoms. The molecule has 0 saturated heterocycles. The van der Waals surface area contributed by atoms with E-state index in [0.717, 1.165) is 12.1 Å². The van der Waals surface area contributed by atoms with Crippen LogP contribution in [0.2, 0.25) is 0 Å². The molecule has 0 radical (unpaired) electrons. The summed E-state index contributed by atoms with van der Waals surface area (Å²) >= 11 is 0. The second kappa shape index (κ2) is 6.70. The van der Waals surface area contributed by atoms with E-state index in [2.05, 4.69) is 10.6 Å². The molecule has 1 heterocycles. The average molecular weight is 307 g/mol. The molecule has 1 unspecified atom stereocenters. The highest BCUT2D eigenvalue weighted by Crippen LogP contribution is 2.21. The first-order valence-corrected chi connectivity index (χ1v) is 6.48. The van der Waals surface area contributed by atoms with Gasteiger partial charge in [0.1, 0.15) is 5.76 Å². The molecular formula is C14H14FN3O4. The normalized spacial score (nSPS) is 11.7. The number of nitro groups is 1. The van der Waals surface area contributed by atoms with Crippen molar-refractivity contribution in [3.05, 3.63) is 58.3 Å². The summed E-state index contributed by atoms with van der Waals surface area (Å²) < 4.78 is 18.4. The van der Waals surface area contributed by atoms with E-state index in [1.807, 2.05) is 0 Å². The van der Waals surface area contributed by atoms with Gasteiger partial charge < -0.3 is 15.1 Å². The van der Waals surface area contributed by atoms with Crippen LogP contribution in [-0.2, 0) is 4.79 Å². The highest BCUT2D eigenvalue weighted by Gasteiger charge is 2.15. The van der Waals surface area contributed by atoms with Gasteiger partial charge >= 0.3 is 5.69 Å². The average Bonchev–Trinajstić information content (AvgIpc) is 3.00. The van der Waals surface area contributed by atoms with Gasteiger partial charge in [0.25, 0.3) is 0 Å². The van der Waals surface area contributed by atoms with Crippen LogP contribution in [0.15, 0.2) is 41.0 Å². The lowest BCUT2D eigenvalue weighted by Gasteiger charge is -2.12. The van der Waals surface area contributed by atoms with Gasteiger partial charge in [0.2, 0.25) is 11.7 Å². The van der Waals surface area contributed by atoms with Gasteiger partial charge in [-0.3, -0.25) is 14.9 Å². The molecule has 116 valence electrons. The maximum atomic E-state index is 13.2. The number of hydrogen-bond donors (Lipinski definition) is 2. The van der Waals surface area contributed by atoms with Gasteiger partial charge in [-0.25, -0.2) is 0 Å². The highest BCUT2D eigenvalue weighted by atomic mass is 19.1. The first-order chi connectivity index (χ1) is 10.5. The molecule has 0 aliphatic heterocycles. The van der Waals surface area contributed by atoms with Crippen LogP contribution in [0.4, 0.5) is 15.8 Å². The molecule has 0 bridgehead atoms. The first kappa shape index (κ1) is 15.5. The van der Waals surface area contributed by atoms with E-state index in [0.29, 0.717) is 5.76 Å². The molecular weight excluding hydrogens is 293 g/mol. The fourth-order valence-electron chi connectivity index (χ4n) is 1.85. The zero-order chi connectivity index (χ0) is 16.1. The van der Waals surface area contributed by atoms with E-state index < -0.39 is 16.4 Å². The lowest BCUT2D eigenvalue weighted by atomic mass is 10.2. The molecule has 0 aliphatic rings. The lowest BCUT2D eigenvalue weighted by Crippen LogP contribution is -2.31. The summed E-state index contributed by atoms with van der Waals surface area (Å²) in [6.07, 6.45) is 1.51. The summed E-state index contributed by atoms with van der Waals surface area (Å²) in [4.78, 5) is 21.6. The molecule has 22 heavy (non-hydrogen) atoms. The zero-order valence-electron chi connectivity index (χ0n) is 11.7. The maximum absolute atomic E-state index is 13.2. The van der Waals surface area contributed by atoms with Crippen molar-refractivity contribution in [3.63, 3.8) is 0 Å². The lowest BCUT2D eigenvalue weighted by molar-refractivity contribution is -0.387. The number of anilines is 1. The van der Waals surface area contributed by atoms with Gasteiger partial charge in [-0.05, 0) is 31.2 Å². The highest BCUT2D eigenvalue weighted by molar-refractivity contribution is 5.81. The van der Waals surface area contributed by atoms with Gasteiger partial charge in [0.15, 0.2) is 0 Å². The second-order valence-electron chi connectivity index (χ2n) is 4.58. The molecule has 1 atom stereocenters. The molecule has 2 aromatic rings. The first-order valence-electron chi connectivity index (χ1n) is 6.48. The van der Waals surface area contributed by atoms with Gasteiger partial charge in [-0.2, -0.15) is 4.39 Å². The van der Waals surface area contributed by atoms with Crippen molar-refractivity contribution < 1.29 is 18.5 Å². The third-order valence-electron chi connectivity index (χ3n) is 2.94. The minimum atomic E-state index is -0.925. The summed E-state index contributed by atoms with van der Waals surface area (Å²) in [6.45, 7) is 1.66. The Morgan fingerprint density at radius 3 is 2.86 bits per heavy atom. The fraction of sp³-hybridized carbons (Fsp3) is 0.214. The second-order valence-corrected chi connectivity index (χ2v) is 4.58. The maximum Gasteiger partial charge on any atom is 0.306 e. The Bertz CT molecular complexity index is 673. The molecule has 1 aromatic heterocycles. The number of carbonyl (C=O) groups is 1. The van der Waals surface area contributed by atoms with Crippen molar-refractivity contribution in [3.8, 4) is 0 Å². The predicted octanol–water partition coefficient (Wildman–Crippen LogP) is 2.62. The van der Waals surface area contributed by atoms with Crippen LogP contribution in [0.5, 0.6) is 0 Å². The van der Waals surface area contributed by atoms with Crippen molar-refractivity contribution in [2.45, 2.75) is 13.0 Å². The standard InChI is InChI=1S/C14H14FN3O4/c1-9(13-3-2-6-22-13)17-14(19)8-16-10-4-5-11(15)12(7-10)18(20)21/h2-7,9,16H,8H2,1H3,(H,17,19). The van der Waals surface area contributed by atoms with Crippen LogP contribution in [0.25, 0.3) is 0 Å². The van der Waals surface area contributed by atoms with Crippen LogP contribution in [0.3, 0.4) is 0 Å². The van der Waals surface area contributed by atoms with Crippen LogP contribution < -0.4 is 10.6 Å². The summed E-state index contributed by atoms with van der Waals surface area (Å²) in [7, 11) is 0. The van der Waals surface area contributed by atoms with Crippen LogP contribution in [0.1, 0.15) is 18.7 Å². The van der Waals surface area contributed by atoms with Gasteiger partial charge in [-0.1, -0.05) is 0 Å². The molecule has 2 rings (SSSR count).